The first-order chi connectivity index (χ1) is 14.6. The number of imidazole rings is 1. The smallest absolute Gasteiger partial charge is 0.410 e. The minimum atomic E-state index is -0.494. The van der Waals surface area contributed by atoms with Crippen molar-refractivity contribution in [2.45, 2.75) is 32.9 Å². The first-order valence-corrected chi connectivity index (χ1v) is 11.0. The van der Waals surface area contributed by atoms with Crippen LogP contribution in [-0.4, -0.2) is 56.6 Å². The fourth-order valence-electron chi connectivity index (χ4n) is 4.41. The molecule has 31 heavy (non-hydrogen) atoms. The second kappa shape index (κ2) is 8.19. The lowest BCUT2D eigenvalue weighted by Crippen LogP contribution is -2.39. The Labute approximate surface area is 187 Å². The van der Waals surface area contributed by atoms with Crippen molar-refractivity contribution in [2.75, 3.05) is 19.6 Å². The quantitative estimate of drug-likeness (QED) is 0.702. The average Bonchev–Trinajstić information content (AvgIpc) is 3.02. The van der Waals surface area contributed by atoms with Gasteiger partial charge in [-0.3, -0.25) is 4.79 Å². The molecule has 0 bridgehead atoms. The lowest BCUT2D eigenvalue weighted by atomic mass is 10.1. The molecule has 2 atom stereocenters. The highest BCUT2D eigenvalue weighted by atomic mass is 35.5. The van der Waals surface area contributed by atoms with Crippen LogP contribution < -0.4 is 0 Å². The van der Waals surface area contributed by atoms with Gasteiger partial charge in [0.15, 0.2) is 0 Å². The van der Waals surface area contributed by atoms with Crippen LogP contribution in [0.3, 0.4) is 0 Å². The highest BCUT2D eigenvalue weighted by Gasteiger charge is 2.57. The van der Waals surface area contributed by atoms with E-state index in [0.29, 0.717) is 54.6 Å². The Morgan fingerprint density at radius 2 is 1.97 bits per heavy atom. The molecule has 1 aromatic heterocycles. The highest BCUT2D eigenvalue weighted by Crippen LogP contribution is 2.52. The van der Waals surface area contributed by atoms with Gasteiger partial charge in [0.1, 0.15) is 11.3 Å². The lowest BCUT2D eigenvalue weighted by molar-refractivity contribution is 0.0260. The van der Waals surface area contributed by atoms with Crippen LogP contribution in [0.2, 0.25) is 5.02 Å². The maximum absolute atomic E-state index is 13.2. The number of rotatable bonds is 5. The van der Waals surface area contributed by atoms with Crippen LogP contribution in [0.1, 0.15) is 36.8 Å². The van der Waals surface area contributed by atoms with Crippen LogP contribution in [0.15, 0.2) is 36.8 Å². The standard InChI is InChI=1S/C23H29ClN4O3/c1-23(2,3)31-22(30)28-11-18-17(19(18)12-28)10-27(9-15-6-5-7-16(24)8-15)21(29)20-13-26(4)14-25-20/h5-8,13-14,17-19H,9-12H2,1-4H3. The number of nitrogens with zero attached hydrogens (tertiary/aromatic N) is 4. The molecule has 1 aliphatic heterocycles. The number of aryl methyl sites for hydroxylation is 1. The van der Waals surface area contributed by atoms with Gasteiger partial charge in [-0.05, 0) is 56.2 Å². The van der Waals surface area contributed by atoms with E-state index in [9.17, 15) is 9.59 Å². The van der Waals surface area contributed by atoms with E-state index in [1.807, 2.05) is 57.0 Å². The molecule has 7 nitrogen and oxygen atoms in total. The molecule has 166 valence electrons. The Kier molecular flexibility index (Phi) is 5.73. The third-order valence-electron chi connectivity index (χ3n) is 5.93. The number of ether oxygens (including phenoxy) is 1. The normalized spacial score (nSPS) is 22.2. The molecule has 2 unspecified atom stereocenters. The zero-order chi connectivity index (χ0) is 22.3. The molecule has 0 radical (unpaired) electrons. The molecule has 0 spiro atoms. The van der Waals surface area contributed by atoms with Crippen LogP contribution in [0.4, 0.5) is 4.79 Å². The molecule has 0 N–H and O–H groups in total. The number of hydrogen-bond acceptors (Lipinski definition) is 4. The van der Waals surface area contributed by atoms with E-state index < -0.39 is 5.60 Å². The molecule has 4 rings (SSSR count). The predicted molar refractivity (Wildman–Crippen MR) is 118 cm³/mol. The molecule has 2 heterocycles. The van der Waals surface area contributed by atoms with Crippen molar-refractivity contribution in [2.24, 2.45) is 24.8 Å². The summed E-state index contributed by atoms with van der Waals surface area (Å²) in [6.07, 6.45) is 3.12. The monoisotopic (exact) mass is 444 g/mol. The molecule has 2 fully saturated rings. The van der Waals surface area contributed by atoms with Gasteiger partial charge in [0.05, 0.1) is 6.33 Å². The summed E-state index contributed by atoms with van der Waals surface area (Å²) in [4.78, 5) is 33.4. The second-order valence-corrected chi connectivity index (χ2v) is 10.1. The topological polar surface area (TPSA) is 67.7 Å². The molecule has 1 aliphatic carbocycles. The van der Waals surface area contributed by atoms with E-state index in [1.54, 1.807) is 22.0 Å². The molecular weight excluding hydrogens is 416 g/mol. The van der Waals surface area contributed by atoms with Crippen molar-refractivity contribution >= 4 is 23.6 Å². The zero-order valence-electron chi connectivity index (χ0n) is 18.4. The van der Waals surface area contributed by atoms with Crippen LogP contribution in [0.5, 0.6) is 0 Å². The van der Waals surface area contributed by atoms with Crippen LogP contribution >= 0.6 is 11.6 Å². The minimum Gasteiger partial charge on any atom is -0.444 e. The van der Waals surface area contributed by atoms with E-state index in [0.717, 1.165) is 5.56 Å². The van der Waals surface area contributed by atoms with Gasteiger partial charge in [0, 0.05) is 44.4 Å². The molecule has 8 heteroatoms. The van der Waals surface area contributed by atoms with E-state index in [2.05, 4.69) is 4.98 Å². The zero-order valence-corrected chi connectivity index (χ0v) is 19.2. The van der Waals surface area contributed by atoms with Gasteiger partial charge in [-0.15, -0.1) is 0 Å². The van der Waals surface area contributed by atoms with Crippen molar-refractivity contribution in [1.29, 1.82) is 0 Å². The van der Waals surface area contributed by atoms with Crippen LogP contribution in [-0.2, 0) is 18.3 Å². The van der Waals surface area contributed by atoms with Crippen molar-refractivity contribution in [1.82, 2.24) is 19.4 Å². The van der Waals surface area contributed by atoms with Gasteiger partial charge in [-0.25, -0.2) is 9.78 Å². The summed E-state index contributed by atoms with van der Waals surface area (Å²) >= 11 is 6.15. The lowest BCUT2D eigenvalue weighted by Gasteiger charge is -2.27. The van der Waals surface area contributed by atoms with Crippen molar-refractivity contribution in [3.05, 3.63) is 53.1 Å². The Morgan fingerprint density at radius 1 is 1.26 bits per heavy atom. The SMILES string of the molecule is Cn1cnc(C(=O)N(Cc2cccc(Cl)c2)CC2C3CN(C(=O)OC(C)(C)C)CC32)c1. The summed E-state index contributed by atoms with van der Waals surface area (Å²) in [6.45, 7) is 8.12. The number of aromatic nitrogens is 2. The van der Waals surface area contributed by atoms with Crippen LogP contribution in [0.25, 0.3) is 0 Å². The minimum absolute atomic E-state index is 0.0884. The van der Waals surface area contributed by atoms with Crippen LogP contribution in [0, 0.1) is 17.8 Å². The summed E-state index contributed by atoms with van der Waals surface area (Å²) in [6, 6.07) is 7.58. The predicted octanol–water partition coefficient (Wildman–Crippen LogP) is 3.83. The number of piperidine rings is 1. The Morgan fingerprint density at radius 3 is 2.55 bits per heavy atom. The third-order valence-corrected chi connectivity index (χ3v) is 6.16. The number of likely N-dealkylation sites (tertiary alicyclic amines) is 1. The molecule has 2 aromatic rings. The number of halogens is 1. The molecule has 2 aliphatic rings. The highest BCUT2D eigenvalue weighted by molar-refractivity contribution is 6.30. The first-order valence-electron chi connectivity index (χ1n) is 10.6. The summed E-state index contributed by atoms with van der Waals surface area (Å²) in [7, 11) is 1.85. The van der Waals surface area contributed by atoms with E-state index in [-0.39, 0.29) is 12.0 Å². The maximum atomic E-state index is 13.2. The van der Waals surface area contributed by atoms with Gasteiger partial charge in [0.2, 0.25) is 0 Å². The number of carbonyl (C=O) groups is 2. The average molecular weight is 445 g/mol. The van der Waals surface area contributed by atoms with Gasteiger partial charge in [-0.2, -0.15) is 0 Å². The molecular formula is C23H29ClN4O3. The number of fused-ring (bicyclic) bond motifs is 1. The van der Waals surface area contributed by atoms with E-state index in [1.165, 1.54) is 0 Å². The number of amides is 2. The van der Waals surface area contributed by atoms with Gasteiger partial charge in [0.25, 0.3) is 5.91 Å². The van der Waals surface area contributed by atoms with Gasteiger partial charge < -0.3 is 19.1 Å². The van der Waals surface area contributed by atoms with E-state index in [4.69, 9.17) is 16.3 Å². The Bertz CT molecular complexity index is 971. The summed E-state index contributed by atoms with van der Waals surface area (Å²) < 4.78 is 7.27. The largest absolute Gasteiger partial charge is 0.444 e. The van der Waals surface area contributed by atoms with Crippen molar-refractivity contribution < 1.29 is 14.3 Å². The molecule has 1 saturated heterocycles. The molecule has 1 saturated carbocycles. The third kappa shape index (κ3) is 5.03. The van der Waals surface area contributed by atoms with Gasteiger partial charge >= 0.3 is 6.09 Å². The van der Waals surface area contributed by atoms with Crippen molar-refractivity contribution in [3.63, 3.8) is 0 Å². The van der Waals surface area contributed by atoms with E-state index >= 15 is 0 Å². The van der Waals surface area contributed by atoms with Gasteiger partial charge in [-0.1, -0.05) is 23.7 Å². The molecule has 1 aromatic carbocycles. The molecule has 2 amide bonds. The van der Waals surface area contributed by atoms with Crippen molar-refractivity contribution in [3.8, 4) is 0 Å². The fourth-order valence-corrected chi connectivity index (χ4v) is 4.62. The summed E-state index contributed by atoms with van der Waals surface area (Å²) in [5, 5.41) is 0.652. The number of benzene rings is 1. The maximum Gasteiger partial charge on any atom is 0.410 e. The summed E-state index contributed by atoms with van der Waals surface area (Å²) in [5.41, 5.74) is 0.926. The Hall–Kier alpha value is -2.54. The number of hydrogen-bond donors (Lipinski definition) is 0. The first kappa shape index (κ1) is 21.7. The second-order valence-electron chi connectivity index (χ2n) is 9.62. The summed E-state index contributed by atoms with van der Waals surface area (Å²) in [5.74, 6) is 1.11. The number of carbonyl (C=O) groups excluding carboxylic acids is 2. The Balaban J connectivity index is 1.42. The fraction of sp³-hybridized carbons (Fsp3) is 0.522.